The van der Waals surface area contributed by atoms with Gasteiger partial charge in [-0.3, -0.25) is 0 Å². The number of ether oxygens (including phenoxy) is 3. The van der Waals surface area contributed by atoms with E-state index < -0.39 is 6.10 Å². The molecule has 1 saturated carbocycles. The van der Waals surface area contributed by atoms with E-state index in [1.807, 2.05) is 25.1 Å². The van der Waals surface area contributed by atoms with Crippen molar-refractivity contribution in [1.82, 2.24) is 5.32 Å². The molecule has 1 unspecified atom stereocenters. The highest BCUT2D eigenvalue weighted by molar-refractivity contribution is 5.43. The van der Waals surface area contributed by atoms with Crippen LogP contribution in [0.15, 0.2) is 18.2 Å². The van der Waals surface area contributed by atoms with Crippen molar-refractivity contribution in [2.45, 2.75) is 38.5 Å². The Labute approximate surface area is 126 Å². The number of rotatable bonds is 10. The molecule has 0 bridgehead atoms. The van der Waals surface area contributed by atoms with Crippen molar-refractivity contribution in [2.24, 2.45) is 0 Å². The lowest BCUT2D eigenvalue weighted by Crippen LogP contribution is -2.23. The highest BCUT2D eigenvalue weighted by atomic mass is 16.5. The molecule has 2 rings (SSSR count). The van der Waals surface area contributed by atoms with Crippen LogP contribution in [0, 0.1) is 0 Å². The molecule has 1 aromatic carbocycles. The van der Waals surface area contributed by atoms with E-state index in [2.05, 4.69) is 5.32 Å². The van der Waals surface area contributed by atoms with Crippen LogP contribution in [0.5, 0.6) is 11.5 Å². The topological polar surface area (TPSA) is 60.0 Å². The third kappa shape index (κ3) is 5.53. The summed E-state index contributed by atoms with van der Waals surface area (Å²) in [5, 5.41) is 13.2. The fourth-order valence-corrected chi connectivity index (χ4v) is 1.98. The Morgan fingerprint density at radius 3 is 2.76 bits per heavy atom. The Morgan fingerprint density at radius 1 is 1.29 bits per heavy atom. The lowest BCUT2D eigenvalue weighted by molar-refractivity contribution is 0.0159. The molecular weight excluding hydrogens is 270 g/mol. The molecule has 0 saturated heterocycles. The highest BCUT2D eigenvalue weighted by Gasteiger charge is 2.20. The van der Waals surface area contributed by atoms with Crippen LogP contribution < -0.4 is 14.8 Å². The van der Waals surface area contributed by atoms with Gasteiger partial charge in [0.15, 0.2) is 11.5 Å². The number of benzene rings is 1. The second-order valence-corrected chi connectivity index (χ2v) is 5.26. The zero-order valence-corrected chi connectivity index (χ0v) is 12.8. The van der Waals surface area contributed by atoms with E-state index in [1.54, 1.807) is 7.11 Å². The first-order chi connectivity index (χ1) is 10.2. The molecule has 0 spiro atoms. The van der Waals surface area contributed by atoms with Gasteiger partial charge in [0.25, 0.3) is 0 Å². The molecule has 1 aliphatic rings. The van der Waals surface area contributed by atoms with Gasteiger partial charge in [-0.2, -0.15) is 0 Å². The average molecular weight is 295 g/mol. The zero-order chi connectivity index (χ0) is 15.1. The van der Waals surface area contributed by atoms with Crippen LogP contribution in [0.3, 0.4) is 0 Å². The quantitative estimate of drug-likeness (QED) is 0.688. The van der Waals surface area contributed by atoms with Crippen molar-refractivity contribution in [3.63, 3.8) is 0 Å². The Bertz CT molecular complexity index is 434. The number of aliphatic hydroxyl groups excluding tert-OH is 1. The molecule has 0 amide bonds. The monoisotopic (exact) mass is 295 g/mol. The first-order valence-electron chi connectivity index (χ1n) is 7.51. The van der Waals surface area contributed by atoms with Crippen LogP contribution >= 0.6 is 0 Å². The molecule has 0 radical (unpaired) electrons. The molecule has 1 aromatic rings. The summed E-state index contributed by atoms with van der Waals surface area (Å²) in [6.07, 6.45) is 1.91. The number of aliphatic hydroxyl groups is 1. The first-order valence-corrected chi connectivity index (χ1v) is 7.51. The minimum Gasteiger partial charge on any atom is -0.493 e. The molecule has 1 aliphatic carbocycles. The van der Waals surface area contributed by atoms with Gasteiger partial charge in [-0.05, 0) is 37.5 Å². The third-order valence-electron chi connectivity index (χ3n) is 3.35. The fraction of sp³-hybridized carbons (Fsp3) is 0.625. The van der Waals surface area contributed by atoms with E-state index in [0.29, 0.717) is 24.1 Å². The zero-order valence-electron chi connectivity index (χ0n) is 12.8. The van der Waals surface area contributed by atoms with Gasteiger partial charge in [0.05, 0.1) is 13.7 Å². The minimum absolute atomic E-state index is 0.191. The number of methoxy groups -OCH3 is 1. The van der Waals surface area contributed by atoms with E-state index in [0.717, 1.165) is 6.54 Å². The average Bonchev–Trinajstić information content (AvgIpc) is 3.33. The summed E-state index contributed by atoms with van der Waals surface area (Å²) < 4.78 is 16.1. The van der Waals surface area contributed by atoms with Crippen molar-refractivity contribution in [1.29, 1.82) is 0 Å². The first kappa shape index (κ1) is 16.1. The second-order valence-electron chi connectivity index (χ2n) is 5.26. The number of hydrogen-bond donors (Lipinski definition) is 2. The lowest BCUT2D eigenvalue weighted by Gasteiger charge is -2.15. The molecule has 5 nitrogen and oxygen atoms in total. The molecule has 2 N–H and O–H groups in total. The molecule has 118 valence electrons. The normalized spacial score (nSPS) is 15.8. The molecule has 1 fully saturated rings. The van der Waals surface area contributed by atoms with Gasteiger partial charge in [0, 0.05) is 19.2 Å². The van der Waals surface area contributed by atoms with Crippen LogP contribution in [-0.4, -0.2) is 44.2 Å². The molecule has 0 aromatic heterocycles. The summed E-state index contributed by atoms with van der Waals surface area (Å²) in [5.74, 6) is 1.33. The molecule has 5 heteroatoms. The molecular formula is C16H25NO4. The van der Waals surface area contributed by atoms with Crippen LogP contribution in [-0.2, 0) is 11.3 Å². The van der Waals surface area contributed by atoms with Crippen molar-refractivity contribution in [3.05, 3.63) is 23.8 Å². The Kier molecular flexibility index (Phi) is 6.29. The predicted octanol–water partition coefficient (Wildman–Crippen LogP) is 1.72. The summed E-state index contributed by atoms with van der Waals surface area (Å²) >= 11 is 0. The minimum atomic E-state index is -0.633. The third-order valence-corrected chi connectivity index (χ3v) is 3.35. The summed E-state index contributed by atoms with van der Waals surface area (Å²) in [6.45, 7) is 3.79. The molecule has 1 atom stereocenters. The van der Waals surface area contributed by atoms with E-state index in [9.17, 15) is 5.11 Å². The Morgan fingerprint density at radius 2 is 2.10 bits per heavy atom. The standard InChI is InChI=1S/C16H25NO4/c1-3-20-10-14(18)11-21-15-7-4-12(8-16(15)19-2)9-17-13-5-6-13/h4,7-8,13-14,17-18H,3,5-6,9-11H2,1-2H3. The van der Waals surface area contributed by atoms with Crippen LogP contribution in [0.25, 0.3) is 0 Å². The predicted molar refractivity (Wildman–Crippen MR) is 80.9 cm³/mol. The maximum atomic E-state index is 9.71. The van der Waals surface area contributed by atoms with E-state index in [4.69, 9.17) is 14.2 Å². The lowest BCUT2D eigenvalue weighted by atomic mass is 10.2. The van der Waals surface area contributed by atoms with Gasteiger partial charge in [0.1, 0.15) is 12.7 Å². The maximum absolute atomic E-state index is 9.71. The molecule has 0 aliphatic heterocycles. The van der Waals surface area contributed by atoms with Crippen LogP contribution in [0.4, 0.5) is 0 Å². The summed E-state index contributed by atoms with van der Waals surface area (Å²) in [4.78, 5) is 0. The summed E-state index contributed by atoms with van der Waals surface area (Å²) in [5.41, 5.74) is 1.17. The fourth-order valence-electron chi connectivity index (χ4n) is 1.98. The van der Waals surface area contributed by atoms with Crippen molar-refractivity contribution in [2.75, 3.05) is 26.9 Å². The van der Waals surface area contributed by atoms with Gasteiger partial charge in [-0.15, -0.1) is 0 Å². The SMILES string of the molecule is CCOCC(O)COc1ccc(CNC2CC2)cc1OC. The van der Waals surface area contributed by atoms with Gasteiger partial charge in [-0.1, -0.05) is 6.07 Å². The van der Waals surface area contributed by atoms with Gasteiger partial charge in [0.2, 0.25) is 0 Å². The highest BCUT2D eigenvalue weighted by Crippen LogP contribution is 2.28. The van der Waals surface area contributed by atoms with Crippen molar-refractivity contribution in [3.8, 4) is 11.5 Å². The molecule has 0 heterocycles. The summed E-state index contributed by atoms with van der Waals surface area (Å²) in [6, 6.07) is 6.55. The summed E-state index contributed by atoms with van der Waals surface area (Å²) in [7, 11) is 1.62. The van der Waals surface area contributed by atoms with Gasteiger partial charge in [-0.25, -0.2) is 0 Å². The van der Waals surface area contributed by atoms with Crippen molar-refractivity contribution >= 4 is 0 Å². The maximum Gasteiger partial charge on any atom is 0.161 e. The smallest absolute Gasteiger partial charge is 0.161 e. The van der Waals surface area contributed by atoms with E-state index in [-0.39, 0.29) is 13.2 Å². The van der Waals surface area contributed by atoms with E-state index in [1.165, 1.54) is 18.4 Å². The Balaban J connectivity index is 1.85. The Hall–Kier alpha value is -1.30. The number of hydrogen-bond acceptors (Lipinski definition) is 5. The van der Waals surface area contributed by atoms with Gasteiger partial charge < -0.3 is 24.6 Å². The largest absolute Gasteiger partial charge is 0.493 e. The van der Waals surface area contributed by atoms with Crippen LogP contribution in [0.1, 0.15) is 25.3 Å². The van der Waals surface area contributed by atoms with Gasteiger partial charge >= 0.3 is 0 Å². The van der Waals surface area contributed by atoms with Crippen molar-refractivity contribution < 1.29 is 19.3 Å². The second kappa shape index (κ2) is 8.22. The molecule has 21 heavy (non-hydrogen) atoms. The van der Waals surface area contributed by atoms with Crippen LogP contribution in [0.2, 0.25) is 0 Å². The van der Waals surface area contributed by atoms with E-state index >= 15 is 0 Å². The number of nitrogens with one attached hydrogen (secondary N) is 1.